The molecule has 0 fully saturated rings. The quantitative estimate of drug-likeness (QED) is 0.688. The number of hydrogen-bond acceptors (Lipinski definition) is 2. The van der Waals surface area contributed by atoms with Gasteiger partial charge in [-0.15, -0.1) is 0 Å². The summed E-state index contributed by atoms with van der Waals surface area (Å²) in [5.74, 6) is 0. The Morgan fingerprint density at radius 2 is 2.18 bits per heavy atom. The summed E-state index contributed by atoms with van der Waals surface area (Å²) in [7, 11) is 0. The van der Waals surface area contributed by atoms with E-state index in [9.17, 15) is 0 Å². The van der Waals surface area contributed by atoms with Crippen molar-refractivity contribution in [2.45, 2.75) is 0 Å². The van der Waals surface area contributed by atoms with Crippen LogP contribution in [0.15, 0.2) is 12.3 Å². The molecule has 2 rings (SSSR count). The van der Waals surface area contributed by atoms with Crippen molar-refractivity contribution < 1.29 is 0 Å². The van der Waals surface area contributed by atoms with Crippen LogP contribution in [-0.2, 0) is 0 Å². The molecule has 0 saturated heterocycles. The molecule has 0 amide bonds. The summed E-state index contributed by atoms with van der Waals surface area (Å²) in [6.07, 6.45) is 1.54. The summed E-state index contributed by atoms with van der Waals surface area (Å²) >= 11 is 11.3. The fourth-order valence-electron chi connectivity index (χ4n) is 0.842. The van der Waals surface area contributed by atoms with Crippen LogP contribution in [0.4, 0.5) is 0 Å². The second-order valence-corrected chi connectivity index (χ2v) is 2.84. The Bertz CT molecular complexity index is 396. The molecule has 2 heterocycles. The lowest BCUT2D eigenvalue weighted by molar-refractivity contribution is 1.30. The van der Waals surface area contributed by atoms with Crippen molar-refractivity contribution in [1.82, 2.24) is 15.0 Å². The van der Waals surface area contributed by atoms with Gasteiger partial charge in [-0.05, 0) is 17.7 Å². The number of aromatic amines is 1. The highest BCUT2D eigenvalue weighted by Crippen LogP contribution is 2.15. The monoisotopic (exact) mass is 187 g/mol. The van der Waals surface area contributed by atoms with Gasteiger partial charge >= 0.3 is 0 Å². The van der Waals surface area contributed by atoms with E-state index in [4.69, 9.17) is 23.2 Å². The SMILES string of the molecule is Clc1cnc2[nH]c(Cl)nc2c1. The van der Waals surface area contributed by atoms with Gasteiger partial charge in [0, 0.05) is 6.20 Å². The molecule has 0 unspecified atom stereocenters. The lowest BCUT2D eigenvalue weighted by Crippen LogP contribution is -1.74. The third-order valence-corrected chi connectivity index (χ3v) is 1.66. The lowest BCUT2D eigenvalue weighted by Gasteiger charge is -1.86. The number of imidazole rings is 1. The smallest absolute Gasteiger partial charge is 0.202 e. The second-order valence-electron chi connectivity index (χ2n) is 2.05. The van der Waals surface area contributed by atoms with Crippen LogP contribution in [-0.4, -0.2) is 15.0 Å². The van der Waals surface area contributed by atoms with Gasteiger partial charge in [-0.3, -0.25) is 0 Å². The number of fused-ring (bicyclic) bond motifs is 1. The van der Waals surface area contributed by atoms with Crippen LogP contribution in [0.3, 0.4) is 0 Å². The van der Waals surface area contributed by atoms with Gasteiger partial charge in [0.05, 0.1) is 5.02 Å². The molecular weight excluding hydrogens is 185 g/mol. The number of hydrogen-bond donors (Lipinski definition) is 1. The Kier molecular flexibility index (Phi) is 1.47. The number of H-pyrrole nitrogens is 1. The maximum atomic E-state index is 5.67. The first kappa shape index (κ1) is 6.88. The van der Waals surface area contributed by atoms with E-state index in [0.717, 1.165) is 0 Å². The highest BCUT2D eigenvalue weighted by molar-refractivity contribution is 6.31. The van der Waals surface area contributed by atoms with Gasteiger partial charge in [-0.1, -0.05) is 11.6 Å². The first-order chi connectivity index (χ1) is 5.25. The molecule has 0 saturated carbocycles. The Balaban J connectivity index is 2.82. The fourth-order valence-corrected chi connectivity index (χ4v) is 1.17. The third kappa shape index (κ3) is 1.17. The number of aromatic nitrogens is 3. The Morgan fingerprint density at radius 1 is 1.36 bits per heavy atom. The Hall–Kier alpha value is -0.800. The van der Waals surface area contributed by atoms with E-state index < -0.39 is 0 Å². The molecule has 5 heteroatoms. The maximum absolute atomic E-state index is 5.67. The molecule has 0 aliphatic rings. The summed E-state index contributed by atoms with van der Waals surface area (Å²) in [4.78, 5) is 10.7. The molecule has 2 aromatic heterocycles. The number of nitrogens with one attached hydrogen (secondary N) is 1. The van der Waals surface area contributed by atoms with Crippen LogP contribution in [0.2, 0.25) is 10.3 Å². The molecule has 0 spiro atoms. The van der Waals surface area contributed by atoms with Gasteiger partial charge in [-0.2, -0.15) is 0 Å². The van der Waals surface area contributed by atoms with Crippen LogP contribution < -0.4 is 0 Å². The van der Waals surface area contributed by atoms with Gasteiger partial charge in [0.2, 0.25) is 5.28 Å². The molecule has 0 aliphatic carbocycles. The van der Waals surface area contributed by atoms with E-state index in [-0.39, 0.29) is 0 Å². The number of halogens is 2. The van der Waals surface area contributed by atoms with Crippen LogP contribution in [0.5, 0.6) is 0 Å². The average Bonchev–Trinajstić information content (AvgIpc) is 2.27. The van der Waals surface area contributed by atoms with Gasteiger partial charge < -0.3 is 4.98 Å². The summed E-state index contributed by atoms with van der Waals surface area (Å²) in [5, 5.41) is 0.885. The second kappa shape index (κ2) is 2.36. The highest BCUT2D eigenvalue weighted by atomic mass is 35.5. The minimum absolute atomic E-state index is 0.328. The van der Waals surface area contributed by atoms with Crippen molar-refractivity contribution >= 4 is 34.4 Å². The molecule has 1 N–H and O–H groups in total. The van der Waals surface area contributed by atoms with Crippen molar-refractivity contribution in [3.05, 3.63) is 22.6 Å². The zero-order valence-electron chi connectivity index (χ0n) is 5.31. The van der Waals surface area contributed by atoms with Crippen LogP contribution >= 0.6 is 23.2 Å². The summed E-state index contributed by atoms with van der Waals surface area (Å²) in [6.45, 7) is 0. The van der Waals surface area contributed by atoms with Gasteiger partial charge in [0.1, 0.15) is 5.52 Å². The van der Waals surface area contributed by atoms with Crippen molar-refractivity contribution in [1.29, 1.82) is 0 Å². The van der Waals surface area contributed by atoms with E-state index in [1.807, 2.05) is 0 Å². The normalized spacial score (nSPS) is 10.7. The van der Waals surface area contributed by atoms with Crippen molar-refractivity contribution in [2.75, 3.05) is 0 Å². The summed E-state index contributed by atoms with van der Waals surface area (Å²) in [5.41, 5.74) is 1.34. The lowest BCUT2D eigenvalue weighted by atomic mass is 10.4. The molecule has 56 valence electrons. The topological polar surface area (TPSA) is 41.6 Å². The minimum Gasteiger partial charge on any atom is -0.313 e. The summed E-state index contributed by atoms with van der Waals surface area (Å²) < 4.78 is 0. The minimum atomic E-state index is 0.328. The third-order valence-electron chi connectivity index (χ3n) is 1.27. The zero-order valence-corrected chi connectivity index (χ0v) is 6.82. The van der Waals surface area contributed by atoms with E-state index in [2.05, 4.69) is 15.0 Å². The first-order valence-electron chi connectivity index (χ1n) is 2.92. The average molecular weight is 188 g/mol. The largest absolute Gasteiger partial charge is 0.313 e. The first-order valence-corrected chi connectivity index (χ1v) is 3.68. The van der Waals surface area contributed by atoms with E-state index in [0.29, 0.717) is 21.5 Å². The molecule has 2 aromatic rings. The van der Waals surface area contributed by atoms with E-state index in [1.165, 1.54) is 0 Å². The molecule has 0 radical (unpaired) electrons. The summed E-state index contributed by atoms with van der Waals surface area (Å²) in [6, 6.07) is 1.70. The number of nitrogens with zero attached hydrogens (tertiary/aromatic N) is 2. The zero-order chi connectivity index (χ0) is 7.84. The fraction of sp³-hybridized carbons (Fsp3) is 0. The van der Waals surface area contributed by atoms with E-state index >= 15 is 0 Å². The molecule has 0 bridgehead atoms. The van der Waals surface area contributed by atoms with Crippen molar-refractivity contribution in [2.24, 2.45) is 0 Å². The molecule has 11 heavy (non-hydrogen) atoms. The molecule has 0 atom stereocenters. The van der Waals surface area contributed by atoms with E-state index in [1.54, 1.807) is 12.3 Å². The van der Waals surface area contributed by atoms with Gasteiger partial charge in [0.25, 0.3) is 0 Å². The van der Waals surface area contributed by atoms with Crippen LogP contribution in [0.25, 0.3) is 11.2 Å². The van der Waals surface area contributed by atoms with Crippen molar-refractivity contribution in [3.63, 3.8) is 0 Å². The number of rotatable bonds is 0. The van der Waals surface area contributed by atoms with Crippen molar-refractivity contribution in [3.8, 4) is 0 Å². The predicted molar refractivity (Wildman–Crippen MR) is 43.9 cm³/mol. The Labute approximate surface area is 72.4 Å². The standard InChI is InChI=1S/C6H3Cl2N3/c7-3-1-4-5(9-2-3)11-6(8)10-4/h1-2H,(H,9,10,11). The predicted octanol–water partition coefficient (Wildman–Crippen LogP) is 2.26. The van der Waals surface area contributed by atoms with Gasteiger partial charge in [-0.25, -0.2) is 9.97 Å². The maximum Gasteiger partial charge on any atom is 0.202 e. The van der Waals surface area contributed by atoms with Gasteiger partial charge in [0.15, 0.2) is 5.65 Å². The highest BCUT2D eigenvalue weighted by Gasteiger charge is 2.00. The molecular formula is C6H3Cl2N3. The Morgan fingerprint density at radius 3 is 3.00 bits per heavy atom. The molecule has 0 aromatic carbocycles. The molecule has 0 aliphatic heterocycles. The number of pyridine rings is 1. The molecule has 3 nitrogen and oxygen atoms in total. The van der Waals surface area contributed by atoms with Crippen LogP contribution in [0.1, 0.15) is 0 Å². The van der Waals surface area contributed by atoms with Crippen LogP contribution in [0, 0.1) is 0 Å².